The largest absolute Gasteiger partial charge is 0.392 e. The number of hydrogen-bond acceptors (Lipinski definition) is 2. The summed E-state index contributed by atoms with van der Waals surface area (Å²) >= 11 is 4.79. The van der Waals surface area contributed by atoms with Crippen LogP contribution < -0.4 is 5.73 Å². The molecular formula is C15H30N2OS. The van der Waals surface area contributed by atoms with Gasteiger partial charge >= 0.3 is 0 Å². The zero-order valence-electron chi connectivity index (χ0n) is 12.6. The van der Waals surface area contributed by atoms with Crippen molar-refractivity contribution in [3.05, 3.63) is 0 Å². The van der Waals surface area contributed by atoms with E-state index in [-0.39, 0.29) is 5.91 Å². The molecule has 0 rings (SSSR count). The molecule has 1 amide bonds. The van der Waals surface area contributed by atoms with Crippen molar-refractivity contribution in [2.24, 2.45) is 5.73 Å². The first-order chi connectivity index (χ1) is 9.07. The van der Waals surface area contributed by atoms with Crippen LogP contribution in [0.1, 0.15) is 71.1 Å². The fourth-order valence-electron chi connectivity index (χ4n) is 2.10. The molecule has 3 nitrogen and oxygen atoms in total. The van der Waals surface area contributed by atoms with Gasteiger partial charge in [0.25, 0.3) is 0 Å². The topological polar surface area (TPSA) is 46.3 Å². The predicted molar refractivity (Wildman–Crippen MR) is 86.3 cm³/mol. The van der Waals surface area contributed by atoms with Gasteiger partial charge in [-0.2, -0.15) is 0 Å². The molecule has 112 valence electrons. The fourth-order valence-corrected chi connectivity index (χ4v) is 2.29. The predicted octanol–water partition coefficient (Wildman–Crippen LogP) is 3.65. The summed E-state index contributed by atoms with van der Waals surface area (Å²) in [4.78, 5) is 13.7. The summed E-state index contributed by atoms with van der Waals surface area (Å²) < 4.78 is 0. The molecule has 0 saturated carbocycles. The maximum absolute atomic E-state index is 11.7. The van der Waals surface area contributed by atoms with Crippen LogP contribution in [0, 0.1) is 0 Å². The molecule has 0 spiro atoms. The van der Waals surface area contributed by atoms with E-state index >= 15 is 0 Å². The number of thiocarbonyl (C=S) groups is 1. The Bertz CT molecular complexity index is 257. The van der Waals surface area contributed by atoms with Crippen LogP contribution in [0.2, 0.25) is 0 Å². The van der Waals surface area contributed by atoms with E-state index in [1.54, 1.807) is 11.9 Å². The van der Waals surface area contributed by atoms with Crippen LogP contribution in [-0.4, -0.2) is 29.4 Å². The fraction of sp³-hybridized carbons (Fsp3) is 0.867. The van der Waals surface area contributed by atoms with Crippen LogP contribution in [-0.2, 0) is 4.79 Å². The van der Waals surface area contributed by atoms with Gasteiger partial charge in [-0.3, -0.25) is 4.79 Å². The average Bonchev–Trinajstić information content (AvgIpc) is 2.35. The van der Waals surface area contributed by atoms with Crippen LogP contribution in [0.15, 0.2) is 0 Å². The lowest BCUT2D eigenvalue weighted by Crippen LogP contribution is -2.34. The molecule has 0 bridgehead atoms. The number of likely N-dealkylation sites (N-methyl/N-ethyl adjacent to an activating group) is 1. The highest BCUT2D eigenvalue weighted by atomic mass is 32.1. The van der Waals surface area contributed by atoms with E-state index < -0.39 is 0 Å². The number of carbonyl (C=O) groups is 1. The number of amides is 1. The first kappa shape index (κ1) is 18.4. The molecule has 0 aromatic rings. The maximum atomic E-state index is 11.7. The zero-order valence-corrected chi connectivity index (χ0v) is 13.4. The van der Waals surface area contributed by atoms with Crippen LogP contribution >= 0.6 is 12.2 Å². The van der Waals surface area contributed by atoms with Crippen LogP contribution in [0.5, 0.6) is 0 Å². The quantitative estimate of drug-likeness (QED) is 0.440. The van der Waals surface area contributed by atoms with Gasteiger partial charge in [0.1, 0.15) is 0 Å². The van der Waals surface area contributed by atoms with Crippen molar-refractivity contribution < 1.29 is 4.79 Å². The molecule has 19 heavy (non-hydrogen) atoms. The summed E-state index contributed by atoms with van der Waals surface area (Å²) in [7, 11) is 1.76. The minimum atomic E-state index is 0.149. The molecular weight excluding hydrogens is 256 g/mol. The van der Waals surface area contributed by atoms with Crippen molar-refractivity contribution in [1.29, 1.82) is 0 Å². The molecule has 0 aliphatic rings. The molecule has 4 heteroatoms. The minimum absolute atomic E-state index is 0.149. The molecule has 0 atom stereocenters. The Balaban J connectivity index is 3.34. The van der Waals surface area contributed by atoms with Crippen molar-refractivity contribution in [2.45, 2.75) is 71.1 Å². The zero-order chi connectivity index (χ0) is 14.5. The van der Waals surface area contributed by atoms with Gasteiger partial charge in [0.05, 0.1) is 11.5 Å². The highest BCUT2D eigenvalue weighted by molar-refractivity contribution is 7.80. The maximum Gasteiger partial charge on any atom is 0.222 e. The second-order valence-corrected chi connectivity index (χ2v) is 5.82. The summed E-state index contributed by atoms with van der Waals surface area (Å²) in [6.45, 7) is 2.64. The van der Waals surface area contributed by atoms with E-state index in [1.807, 2.05) is 0 Å². The average molecular weight is 286 g/mol. The molecule has 0 saturated heterocycles. The number of nitrogens with two attached hydrogens (primary N) is 1. The number of carbonyl (C=O) groups excluding carboxylic acids is 1. The summed E-state index contributed by atoms with van der Waals surface area (Å²) in [5, 5.41) is 0. The first-order valence-corrected chi connectivity index (χ1v) is 8.01. The second kappa shape index (κ2) is 12.4. The second-order valence-electron chi connectivity index (χ2n) is 5.29. The molecule has 0 unspecified atom stereocenters. The third-order valence-corrected chi connectivity index (χ3v) is 3.44. The van der Waals surface area contributed by atoms with E-state index in [1.165, 1.54) is 44.9 Å². The van der Waals surface area contributed by atoms with Gasteiger partial charge in [0.15, 0.2) is 0 Å². The summed E-state index contributed by atoms with van der Waals surface area (Å²) in [6.07, 6.45) is 12.1. The van der Waals surface area contributed by atoms with E-state index in [4.69, 9.17) is 18.0 Å². The van der Waals surface area contributed by atoms with Crippen molar-refractivity contribution in [3.8, 4) is 0 Å². The number of nitrogens with zero attached hydrogens (tertiary/aromatic N) is 1. The minimum Gasteiger partial charge on any atom is -0.392 e. The lowest BCUT2D eigenvalue weighted by Gasteiger charge is -2.15. The van der Waals surface area contributed by atoms with E-state index in [9.17, 15) is 4.79 Å². The Morgan fingerprint density at radius 3 is 1.95 bits per heavy atom. The van der Waals surface area contributed by atoms with Crippen LogP contribution in [0.3, 0.4) is 0 Å². The van der Waals surface area contributed by atoms with E-state index in [2.05, 4.69) is 6.92 Å². The van der Waals surface area contributed by atoms with Gasteiger partial charge in [0.2, 0.25) is 5.91 Å². The van der Waals surface area contributed by atoms with E-state index in [0.717, 1.165) is 12.8 Å². The molecule has 0 aliphatic carbocycles. The Kier molecular flexibility index (Phi) is 12.0. The molecule has 0 heterocycles. The lowest BCUT2D eigenvalue weighted by atomic mass is 10.1. The molecule has 0 aliphatic heterocycles. The third-order valence-electron chi connectivity index (χ3n) is 3.31. The van der Waals surface area contributed by atoms with Gasteiger partial charge in [-0.05, 0) is 6.42 Å². The molecule has 0 aromatic carbocycles. The van der Waals surface area contributed by atoms with Gasteiger partial charge < -0.3 is 10.6 Å². The Hall–Kier alpha value is -0.640. The van der Waals surface area contributed by atoms with Crippen molar-refractivity contribution >= 4 is 23.1 Å². The number of rotatable bonds is 12. The van der Waals surface area contributed by atoms with Crippen molar-refractivity contribution in [3.63, 3.8) is 0 Å². The van der Waals surface area contributed by atoms with Crippen LogP contribution in [0.4, 0.5) is 0 Å². The smallest absolute Gasteiger partial charge is 0.222 e. The highest BCUT2D eigenvalue weighted by Gasteiger charge is 2.08. The monoisotopic (exact) mass is 286 g/mol. The summed E-state index contributed by atoms with van der Waals surface area (Å²) in [6, 6.07) is 0. The third kappa shape index (κ3) is 12.2. The standard InChI is InChI=1S/C15H30N2OS/c1-3-4-5-6-7-8-9-10-11-12-15(18)17(2)13-14(16)19/h3-13H2,1-2H3,(H2,16,19). The Labute approximate surface area is 123 Å². The van der Waals surface area contributed by atoms with Crippen molar-refractivity contribution in [1.82, 2.24) is 4.90 Å². The normalized spacial score (nSPS) is 10.4. The molecule has 0 radical (unpaired) electrons. The number of hydrogen-bond donors (Lipinski definition) is 1. The Morgan fingerprint density at radius 1 is 1.00 bits per heavy atom. The van der Waals surface area contributed by atoms with Gasteiger partial charge in [0, 0.05) is 13.5 Å². The first-order valence-electron chi connectivity index (χ1n) is 7.60. The molecule has 2 N–H and O–H groups in total. The van der Waals surface area contributed by atoms with Gasteiger partial charge in [-0.25, -0.2) is 0 Å². The lowest BCUT2D eigenvalue weighted by molar-refractivity contribution is -0.129. The SMILES string of the molecule is CCCCCCCCCCCC(=O)N(C)CC(N)=S. The Morgan fingerprint density at radius 2 is 1.47 bits per heavy atom. The molecule has 0 fully saturated rings. The number of unbranched alkanes of at least 4 members (excludes halogenated alkanes) is 8. The summed E-state index contributed by atoms with van der Waals surface area (Å²) in [5.74, 6) is 0.149. The molecule has 0 aromatic heterocycles. The van der Waals surface area contributed by atoms with Gasteiger partial charge in [-0.15, -0.1) is 0 Å². The highest BCUT2D eigenvalue weighted by Crippen LogP contribution is 2.10. The van der Waals surface area contributed by atoms with E-state index in [0.29, 0.717) is 18.0 Å². The van der Waals surface area contributed by atoms with Crippen LogP contribution in [0.25, 0.3) is 0 Å². The van der Waals surface area contributed by atoms with Crippen molar-refractivity contribution in [2.75, 3.05) is 13.6 Å². The summed E-state index contributed by atoms with van der Waals surface area (Å²) in [5.41, 5.74) is 5.41. The van der Waals surface area contributed by atoms with Gasteiger partial charge in [-0.1, -0.05) is 70.5 Å².